The van der Waals surface area contributed by atoms with Gasteiger partial charge in [0.1, 0.15) is 10.7 Å². The van der Waals surface area contributed by atoms with Crippen molar-refractivity contribution in [2.45, 2.75) is 6.92 Å². The van der Waals surface area contributed by atoms with Crippen molar-refractivity contribution in [1.29, 1.82) is 0 Å². The number of nitrogens with zero attached hydrogens (tertiary/aromatic N) is 1. The van der Waals surface area contributed by atoms with Crippen LogP contribution >= 0.6 is 46.4 Å². The van der Waals surface area contributed by atoms with Crippen LogP contribution in [0.2, 0.25) is 15.1 Å². The van der Waals surface area contributed by atoms with Gasteiger partial charge in [-0.2, -0.15) is 0 Å². The first-order chi connectivity index (χ1) is 17.1. The van der Waals surface area contributed by atoms with Crippen LogP contribution in [0.25, 0.3) is 0 Å². The van der Waals surface area contributed by atoms with E-state index in [1.807, 2.05) is 0 Å². The van der Waals surface area contributed by atoms with E-state index in [2.05, 4.69) is 10.6 Å². The van der Waals surface area contributed by atoms with Gasteiger partial charge in [-0.25, -0.2) is 4.90 Å². The molecule has 0 radical (unpaired) electrons. The first-order valence-electron chi connectivity index (χ1n) is 10.3. The van der Waals surface area contributed by atoms with Gasteiger partial charge in [0.25, 0.3) is 17.7 Å². The van der Waals surface area contributed by atoms with Crippen molar-refractivity contribution in [2.24, 2.45) is 0 Å². The van der Waals surface area contributed by atoms with E-state index >= 15 is 0 Å². The largest absolute Gasteiger partial charge is 0.350 e. The molecule has 0 saturated heterocycles. The van der Waals surface area contributed by atoms with Gasteiger partial charge < -0.3 is 10.6 Å². The lowest BCUT2D eigenvalue weighted by molar-refractivity contribution is -0.120. The van der Waals surface area contributed by atoms with Crippen LogP contribution in [0.15, 0.2) is 71.4 Å². The van der Waals surface area contributed by atoms with Crippen molar-refractivity contribution >= 4 is 87.0 Å². The lowest BCUT2D eigenvalue weighted by atomic mass is 10.1. The maximum Gasteiger partial charge on any atom is 0.283 e. The smallest absolute Gasteiger partial charge is 0.283 e. The molecule has 0 saturated carbocycles. The van der Waals surface area contributed by atoms with E-state index in [0.717, 1.165) is 4.90 Å². The lowest BCUT2D eigenvalue weighted by Crippen LogP contribution is -2.32. The van der Waals surface area contributed by atoms with E-state index in [1.165, 1.54) is 25.1 Å². The number of hydrogen-bond donors (Lipinski definition) is 2. The van der Waals surface area contributed by atoms with Crippen LogP contribution in [0.4, 0.5) is 17.1 Å². The van der Waals surface area contributed by atoms with Gasteiger partial charge in [-0.15, -0.1) is 0 Å². The second-order valence-corrected chi connectivity index (χ2v) is 9.25. The summed E-state index contributed by atoms with van der Waals surface area (Å²) in [4.78, 5) is 50.8. The molecular formula is C25H15Cl4N3O4. The van der Waals surface area contributed by atoms with E-state index in [0.29, 0.717) is 16.9 Å². The average molecular weight is 563 g/mol. The van der Waals surface area contributed by atoms with Crippen molar-refractivity contribution in [3.8, 4) is 0 Å². The highest BCUT2D eigenvalue weighted by Crippen LogP contribution is 2.38. The molecule has 0 fully saturated rings. The molecule has 1 aliphatic rings. The van der Waals surface area contributed by atoms with Crippen LogP contribution in [-0.4, -0.2) is 23.5 Å². The predicted octanol–water partition coefficient (Wildman–Crippen LogP) is 6.54. The first kappa shape index (κ1) is 25.7. The van der Waals surface area contributed by atoms with Gasteiger partial charge in [0, 0.05) is 22.5 Å². The van der Waals surface area contributed by atoms with Crippen molar-refractivity contribution < 1.29 is 19.2 Å². The van der Waals surface area contributed by atoms with Crippen LogP contribution < -0.4 is 15.5 Å². The number of anilines is 3. The molecule has 0 aliphatic carbocycles. The van der Waals surface area contributed by atoms with Crippen LogP contribution in [0, 0.1) is 0 Å². The normalized spacial score (nSPS) is 13.3. The number of imide groups is 1. The summed E-state index contributed by atoms with van der Waals surface area (Å²) in [7, 11) is 0. The standard InChI is InChI=1S/C25H15Cl4N3O4/c1-12(33)13-5-7-15(8-6-13)31-23(34)14-3-2-4-16(9-14)30-22-21(29)24(35)32(25(22)36)20-11-18(27)17(26)10-19(20)28/h2-11,30H,1H3,(H,31,34). The number of carbonyl (C=O) groups is 4. The van der Waals surface area contributed by atoms with Crippen molar-refractivity contribution in [3.05, 3.63) is 97.6 Å². The van der Waals surface area contributed by atoms with Crippen LogP contribution in [-0.2, 0) is 9.59 Å². The van der Waals surface area contributed by atoms with Gasteiger partial charge in [0.05, 0.1) is 20.8 Å². The number of rotatable bonds is 6. The van der Waals surface area contributed by atoms with Gasteiger partial charge in [-0.3, -0.25) is 19.2 Å². The Labute approximate surface area is 225 Å². The fourth-order valence-electron chi connectivity index (χ4n) is 3.39. The summed E-state index contributed by atoms with van der Waals surface area (Å²) in [6.07, 6.45) is 0. The zero-order valence-electron chi connectivity index (χ0n) is 18.4. The molecule has 3 aromatic carbocycles. The molecule has 182 valence electrons. The number of benzene rings is 3. The SMILES string of the molecule is CC(=O)c1ccc(NC(=O)c2cccc(NC3=C(Cl)C(=O)N(c4cc(Cl)c(Cl)cc4Cl)C3=O)c2)cc1. The van der Waals surface area contributed by atoms with E-state index in [-0.39, 0.29) is 42.8 Å². The van der Waals surface area contributed by atoms with Crippen molar-refractivity contribution in [3.63, 3.8) is 0 Å². The summed E-state index contributed by atoms with van der Waals surface area (Å²) in [6, 6.07) is 15.3. The van der Waals surface area contributed by atoms with Gasteiger partial charge >= 0.3 is 0 Å². The highest BCUT2D eigenvalue weighted by molar-refractivity contribution is 6.54. The summed E-state index contributed by atoms with van der Waals surface area (Å²) in [5.41, 5.74) is 1.47. The Morgan fingerprint density at radius 3 is 2.08 bits per heavy atom. The number of Topliss-reactive ketones (excluding diaryl/α,β-unsaturated/α-hetero) is 1. The average Bonchev–Trinajstić information content (AvgIpc) is 3.05. The van der Waals surface area contributed by atoms with Crippen molar-refractivity contribution in [1.82, 2.24) is 0 Å². The van der Waals surface area contributed by atoms with Gasteiger partial charge in [0.15, 0.2) is 5.78 Å². The third kappa shape index (κ3) is 5.10. The summed E-state index contributed by atoms with van der Waals surface area (Å²) in [5, 5.41) is 5.48. The quantitative estimate of drug-likeness (QED) is 0.202. The zero-order valence-corrected chi connectivity index (χ0v) is 21.4. The maximum atomic E-state index is 13.1. The van der Waals surface area contributed by atoms with Crippen LogP contribution in [0.5, 0.6) is 0 Å². The van der Waals surface area contributed by atoms with Crippen molar-refractivity contribution in [2.75, 3.05) is 15.5 Å². The summed E-state index contributed by atoms with van der Waals surface area (Å²) < 4.78 is 0. The topological polar surface area (TPSA) is 95.6 Å². The molecule has 0 bridgehead atoms. The Bertz CT molecular complexity index is 1470. The Kier molecular flexibility index (Phi) is 7.38. The highest BCUT2D eigenvalue weighted by Gasteiger charge is 2.40. The molecule has 1 aliphatic heterocycles. The minimum atomic E-state index is -0.799. The Hall–Kier alpha value is -3.36. The fraction of sp³-hybridized carbons (Fsp3) is 0.0400. The molecule has 36 heavy (non-hydrogen) atoms. The highest BCUT2D eigenvalue weighted by atomic mass is 35.5. The molecule has 0 aromatic heterocycles. The van der Waals surface area contributed by atoms with E-state index < -0.39 is 17.7 Å². The second kappa shape index (κ2) is 10.3. The molecule has 4 rings (SSSR count). The molecule has 0 unspecified atom stereocenters. The fourth-order valence-corrected chi connectivity index (χ4v) is 4.23. The van der Waals surface area contributed by atoms with Gasteiger partial charge in [-0.05, 0) is 61.5 Å². The molecule has 1 heterocycles. The zero-order chi connectivity index (χ0) is 26.1. The summed E-state index contributed by atoms with van der Waals surface area (Å²) in [5.74, 6) is -2.06. The van der Waals surface area contributed by atoms with E-state index in [9.17, 15) is 19.2 Å². The molecule has 0 spiro atoms. The molecule has 11 heteroatoms. The number of carbonyl (C=O) groups excluding carboxylic acids is 4. The Morgan fingerprint density at radius 2 is 1.42 bits per heavy atom. The van der Waals surface area contributed by atoms with Gasteiger partial charge in [0.2, 0.25) is 0 Å². The molecule has 2 N–H and O–H groups in total. The first-order valence-corrected chi connectivity index (χ1v) is 11.8. The molecule has 0 atom stereocenters. The monoisotopic (exact) mass is 561 g/mol. The summed E-state index contributed by atoms with van der Waals surface area (Å²) in [6.45, 7) is 1.45. The number of halogens is 4. The van der Waals surface area contributed by atoms with Crippen LogP contribution in [0.1, 0.15) is 27.6 Å². The molecule has 3 amide bonds. The maximum absolute atomic E-state index is 13.1. The Balaban J connectivity index is 1.54. The van der Waals surface area contributed by atoms with Gasteiger partial charge in [-0.1, -0.05) is 52.5 Å². The lowest BCUT2D eigenvalue weighted by Gasteiger charge is -2.17. The third-order valence-electron chi connectivity index (χ3n) is 5.20. The number of nitrogens with one attached hydrogen (secondary N) is 2. The predicted molar refractivity (Wildman–Crippen MR) is 141 cm³/mol. The van der Waals surface area contributed by atoms with Crippen LogP contribution in [0.3, 0.4) is 0 Å². The number of hydrogen-bond acceptors (Lipinski definition) is 5. The Morgan fingerprint density at radius 1 is 0.750 bits per heavy atom. The van der Waals surface area contributed by atoms with E-state index in [1.54, 1.807) is 42.5 Å². The molecular weight excluding hydrogens is 548 g/mol. The molecule has 3 aromatic rings. The third-order valence-corrected chi connectivity index (χ3v) is 6.58. The number of ketones is 1. The minimum Gasteiger partial charge on any atom is -0.350 e. The minimum absolute atomic E-state index is 0.0277. The van der Waals surface area contributed by atoms with E-state index in [4.69, 9.17) is 46.4 Å². The molecule has 7 nitrogen and oxygen atoms in total. The summed E-state index contributed by atoms with van der Waals surface area (Å²) >= 11 is 24.3. The second-order valence-electron chi connectivity index (χ2n) is 7.65. The number of amides is 3.